The Balaban J connectivity index is 0.676. The number of ketones is 4. The van der Waals surface area contributed by atoms with E-state index in [2.05, 4.69) is 51.5 Å². The molecule has 626 valence electrons. The molecule has 0 saturated heterocycles. The Morgan fingerprint density at radius 3 is 1.43 bits per heavy atom. The van der Waals surface area contributed by atoms with Gasteiger partial charge in [-0.05, 0) is 147 Å². The van der Waals surface area contributed by atoms with Gasteiger partial charge in [-0.3, -0.25) is 47.0 Å². The Morgan fingerprint density at radius 1 is 0.373 bits per heavy atom. The lowest BCUT2D eigenvalue weighted by atomic mass is 9.80. The van der Waals surface area contributed by atoms with E-state index in [1.165, 1.54) is 116 Å². The molecule has 0 aliphatic heterocycles. The average Bonchev–Trinajstić information content (AvgIpc) is 0.708. The molecule has 16 aromatic rings. The Morgan fingerprint density at radius 2 is 0.841 bits per heavy atom. The van der Waals surface area contributed by atoms with E-state index in [1.54, 1.807) is 91.0 Å². The summed E-state index contributed by atoms with van der Waals surface area (Å²) in [7, 11) is -16.7. The number of nitrogens with zero attached hydrogens (tertiary/aromatic N) is 8. The molecule has 126 heavy (non-hydrogen) atoms. The van der Waals surface area contributed by atoms with Gasteiger partial charge < -0.3 is 45.2 Å². The first kappa shape index (κ1) is 81.5. The van der Waals surface area contributed by atoms with Crippen molar-refractivity contribution in [1.82, 2.24) is 39.0 Å². The highest BCUT2D eigenvalue weighted by Crippen LogP contribution is 2.48. The van der Waals surface area contributed by atoms with Gasteiger partial charge >= 0.3 is 12.0 Å². The van der Waals surface area contributed by atoms with Gasteiger partial charge in [0.05, 0.1) is 65.0 Å². The Kier molecular flexibility index (Phi) is 20.3. The van der Waals surface area contributed by atoms with E-state index in [9.17, 15) is 75.9 Å². The van der Waals surface area contributed by atoms with Crippen LogP contribution >= 0.6 is 0 Å². The van der Waals surface area contributed by atoms with Crippen LogP contribution in [0.15, 0.2) is 272 Å². The number of rotatable bonds is 25. The maximum absolute atomic E-state index is 15.1. The third-order valence-electron chi connectivity index (χ3n) is 21.3. The molecule has 0 atom stereocenters. The highest BCUT2D eigenvalue weighted by molar-refractivity contribution is 7.86. The number of anilines is 8. The van der Waals surface area contributed by atoms with Gasteiger partial charge in [0.15, 0.2) is 23.1 Å². The number of carbonyl (C=O) groups excluding carboxylic acids is 4. The SMILES string of the molecule is Cn1c(=O)c(C(=O)c2ccccc2)c2c3c(c(Nc4ccc(S(=O)(=O)O)c(Cc5nc(NCCNc6nc(Nc7ccc(S(=O)(=O)O)c(Nc8ccc9c%10c8C(=O)c8ccccc8-c%10c(C(=O)c8cccc(S(=O)(=O)O)c8)c(=O)n9C)c7)nc(Oc7ccc8cc(S(=O)(=O)O)ccc8c7)n6)nc(Oc6ccc7ccccc7c6)n5)c4)ccc31)C(=O)c1ccccc1-2. The van der Waals surface area contributed by atoms with E-state index in [-0.39, 0.29) is 160 Å². The number of fused-ring (bicyclic) bond motifs is 6. The van der Waals surface area contributed by atoms with E-state index in [1.807, 2.05) is 30.3 Å². The topological polar surface area (TPSA) is 486 Å². The molecule has 2 aliphatic carbocycles. The standard InChI is InChI=1S/C89H61N13O20S4/c1-101-66-33-31-63(73-75(66)71(59-19-8-10-21-61(59)81(73)105)77(83(101)107)79(103)47-14-4-3-5-15-47)92-53-26-35-68(125(115,116)117)52(39-53)44-70-95-85(98-88(96-70)121-55-28-23-46-13-6-7-16-48(46)40-55)90-37-38-91-86-97-87(100-89(99-86)122-56-29-24-50-42-58(124(112,113)114)30-25-49(50)41-56)93-54-27-36-69(126(118,119)120)65(45-54)94-64-32-34-67-76-72(60-20-9-11-22-62(60)82(106)74(64)76)78(84(108)102(67)2)80(104)51-17-12-18-57(43-51)123(109,110)111/h3-36,39-43,45,92,94H,37-38,44H2,1-2H3,(H,109,110,111)(H,112,113,114)(H,115,116,117)(H,118,119,120)(H,90,95,96,98)(H2,91,93,97,99,100). The summed E-state index contributed by atoms with van der Waals surface area (Å²) in [6.45, 7) is -0.173. The molecule has 0 amide bonds. The van der Waals surface area contributed by atoms with Crippen molar-refractivity contribution in [1.29, 1.82) is 0 Å². The summed E-state index contributed by atoms with van der Waals surface area (Å²) in [5, 5.41) is 18.4. The van der Waals surface area contributed by atoms with E-state index in [0.717, 1.165) is 39.6 Å². The minimum Gasteiger partial charge on any atom is -0.424 e. The summed E-state index contributed by atoms with van der Waals surface area (Å²) < 4.78 is 159. The normalized spacial score (nSPS) is 12.4. The molecule has 12 aromatic carbocycles. The molecule has 0 fully saturated rings. The number of aromatic nitrogens is 8. The fourth-order valence-corrected chi connectivity index (χ4v) is 18.0. The summed E-state index contributed by atoms with van der Waals surface area (Å²) in [6, 6.07) is 59.3. The molecule has 0 bridgehead atoms. The second-order valence-corrected chi connectivity index (χ2v) is 34.8. The van der Waals surface area contributed by atoms with Crippen LogP contribution in [0.3, 0.4) is 0 Å². The first-order valence-corrected chi connectivity index (χ1v) is 43.8. The largest absolute Gasteiger partial charge is 0.424 e. The minimum atomic E-state index is -5.15. The lowest BCUT2D eigenvalue weighted by molar-refractivity contribution is 0.102. The van der Waals surface area contributed by atoms with E-state index in [0.29, 0.717) is 33.0 Å². The summed E-state index contributed by atoms with van der Waals surface area (Å²) in [4.78, 5) is 114. The van der Waals surface area contributed by atoms with E-state index in [4.69, 9.17) is 14.5 Å². The summed E-state index contributed by atoms with van der Waals surface area (Å²) >= 11 is 0. The number of hydrogen-bond acceptors (Lipinski definition) is 27. The molecule has 0 unspecified atom stereocenters. The van der Waals surface area contributed by atoms with Crippen molar-refractivity contribution in [2.24, 2.45) is 14.1 Å². The number of ether oxygens (including phenoxy) is 2. The van der Waals surface area contributed by atoms with Crippen molar-refractivity contribution in [3.63, 3.8) is 0 Å². The predicted molar refractivity (Wildman–Crippen MR) is 465 cm³/mol. The second kappa shape index (κ2) is 31.4. The van der Waals surface area contributed by atoms with Crippen LogP contribution in [-0.2, 0) is 61.0 Å². The first-order chi connectivity index (χ1) is 60.3. The number of carbonyl (C=O) groups is 4. The maximum Gasteiger partial charge on any atom is 0.328 e. The lowest BCUT2D eigenvalue weighted by Crippen LogP contribution is -2.29. The number of hydrogen-bond donors (Lipinski definition) is 9. The summed E-state index contributed by atoms with van der Waals surface area (Å²) in [5.74, 6) is -2.91. The van der Waals surface area contributed by atoms with Crippen LogP contribution in [0, 0.1) is 0 Å². The van der Waals surface area contributed by atoms with E-state index >= 15 is 4.79 Å². The number of aryl methyl sites for hydroxylation is 2. The number of benzene rings is 12. The molecule has 4 aromatic heterocycles. The van der Waals surface area contributed by atoms with Gasteiger partial charge in [0.25, 0.3) is 51.6 Å². The quantitative estimate of drug-likeness (QED) is 0.0146. The smallest absolute Gasteiger partial charge is 0.328 e. The lowest BCUT2D eigenvalue weighted by Gasteiger charge is -2.26. The average molecular weight is 1760 g/mol. The molecule has 37 heteroatoms. The molecule has 4 heterocycles. The summed E-state index contributed by atoms with van der Waals surface area (Å²) in [6.07, 6.45) is -0.429. The third-order valence-corrected chi connectivity index (χ3v) is 24.8. The number of nitrogens with one attached hydrogen (secondary N) is 5. The van der Waals surface area contributed by atoms with Crippen LogP contribution in [0.25, 0.3) is 65.6 Å². The predicted octanol–water partition coefficient (Wildman–Crippen LogP) is 13.9. The first-order valence-electron chi connectivity index (χ1n) is 38.0. The van der Waals surface area contributed by atoms with Crippen molar-refractivity contribution in [2.45, 2.75) is 26.0 Å². The molecule has 9 N–H and O–H groups in total. The van der Waals surface area contributed by atoms with Crippen LogP contribution in [-0.4, -0.2) is 127 Å². The monoisotopic (exact) mass is 1760 g/mol. The highest BCUT2D eigenvalue weighted by atomic mass is 32.2. The fraction of sp³-hybridized carbons (Fsp3) is 0.0562. The molecule has 2 aliphatic rings. The molecule has 0 radical (unpaired) electrons. The Hall–Kier alpha value is -15.5. The van der Waals surface area contributed by atoms with Crippen LogP contribution in [0.2, 0.25) is 0 Å². The van der Waals surface area contributed by atoms with Crippen molar-refractivity contribution in [3.8, 4) is 45.8 Å². The van der Waals surface area contributed by atoms with Crippen LogP contribution in [0.4, 0.5) is 46.3 Å². The van der Waals surface area contributed by atoms with Gasteiger partial charge in [0, 0.05) is 89.1 Å². The molecular weight excluding hydrogens is 1700 g/mol. The van der Waals surface area contributed by atoms with Crippen molar-refractivity contribution in [3.05, 3.63) is 319 Å². The molecule has 18 rings (SSSR count). The van der Waals surface area contributed by atoms with Crippen LogP contribution in [0.5, 0.6) is 23.5 Å². The van der Waals surface area contributed by atoms with Crippen LogP contribution < -0.4 is 47.2 Å². The second-order valence-electron chi connectivity index (χ2n) is 29.1. The third kappa shape index (κ3) is 15.4. The van der Waals surface area contributed by atoms with Gasteiger partial charge in [-0.2, -0.15) is 63.6 Å². The van der Waals surface area contributed by atoms with Gasteiger partial charge in [-0.15, -0.1) is 0 Å². The molecular formula is C89H61N13O20S4. The Labute approximate surface area is 713 Å². The fourth-order valence-electron chi connectivity index (χ4n) is 15.6. The molecule has 0 spiro atoms. The summed E-state index contributed by atoms with van der Waals surface area (Å²) in [5.41, 5.74) is -0.794. The Bertz CT molecular complexity index is 8120. The van der Waals surface area contributed by atoms with Gasteiger partial charge in [0.1, 0.15) is 22.2 Å². The zero-order chi connectivity index (χ0) is 88.2. The van der Waals surface area contributed by atoms with Crippen molar-refractivity contribution >= 4 is 153 Å². The van der Waals surface area contributed by atoms with Crippen molar-refractivity contribution in [2.75, 3.05) is 39.7 Å². The van der Waals surface area contributed by atoms with Crippen molar-refractivity contribution < 1.29 is 80.5 Å². The van der Waals surface area contributed by atoms with Gasteiger partial charge in [-0.1, -0.05) is 133 Å². The molecule has 0 saturated carbocycles. The van der Waals surface area contributed by atoms with Gasteiger partial charge in [0.2, 0.25) is 17.8 Å². The van der Waals surface area contributed by atoms with Gasteiger partial charge in [-0.25, -0.2) is 0 Å². The zero-order valence-corrected chi connectivity index (χ0v) is 68.5. The minimum absolute atomic E-state index is 0.00651. The zero-order valence-electron chi connectivity index (χ0n) is 65.2. The maximum atomic E-state index is 15.1. The van der Waals surface area contributed by atoms with Crippen LogP contribution in [0.1, 0.15) is 75.1 Å². The number of pyridine rings is 2. The van der Waals surface area contributed by atoms with E-state index < -0.39 is 101 Å². The highest BCUT2D eigenvalue weighted by Gasteiger charge is 2.38. The molecule has 33 nitrogen and oxygen atoms in total.